The molecule has 0 aliphatic rings. The Kier molecular flexibility index (Phi) is 3.50. The van der Waals surface area contributed by atoms with Crippen LogP contribution < -0.4 is 0 Å². The standard InChI is InChI=1S/C13H12F3N3/c1-8(2)10-5-11(19-7-18-10)9-3-4-12(17-6-9)13(14,15)16/h3-8H,1-2H3. The molecule has 2 rings (SSSR count). The molecule has 0 aromatic carbocycles. The van der Waals surface area contributed by atoms with E-state index in [1.54, 1.807) is 6.07 Å². The normalized spacial score (nSPS) is 11.9. The van der Waals surface area contributed by atoms with Crippen molar-refractivity contribution in [3.63, 3.8) is 0 Å². The molecule has 0 unspecified atom stereocenters. The fraction of sp³-hybridized carbons (Fsp3) is 0.308. The lowest BCUT2D eigenvalue weighted by Crippen LogP contribution is -2.07. The van der Waals surface area contributed by atoms with Gasteiger partial charge in [-0.1, -0.05) is 13.8 Å². The van der Waals surface area contributed by atoms with Crippen LogP contribution in [0.2, 0.25) is 0 Å². The molecule has 3 nitrogen and oxygen atoms in total. The second-order valence-corrected chi connectivity index (χ2v) is 4.41. The molecule has 0 atom stereocenters. The minimum atomic E-state index is -4.42. The van der Waals surface area contributed by atoms with Gasteiger partial charge in [-0.2, -0.15) is 13.2 Å². The van der Waals surface area contributed by atoms with E-state index in [1.807, 2.05) is 13.8 Å². The Morgan fingerprint density at radius 3 is 2.32 bits per heavy atom. The first-order chi connectivity index (χ1) is 8.88. The number of aromatic nitrogens is 3. The molecule has 0 aliphatic heterocycles. The number of hydrogen-bond acceptors (Lipinski definition) is 3. The summed E-state index contributed by atoms with van der Waals surface area (Å²) in [5.74, 6) is 0.226. The summed E-state index contributed by atoms with van der Waals surface area (Å²) in [4.78, 5) is 11.6. The molecule has 0 radical (unpaired) electrons. The van der Waals surface area contributed by atoms with Gasteiger partial charge in [-0.05, 0) is 24.1 Å². The zero-order chi connectivity index (χ0) is 14.0. The number of halogens is 3. The summed E-state index contributed by atoms with van der Waals surface area (Å²) in [6.07, 6.45) is -1.84. The van der Waals surface area contributed by atoms with Crippen molar-refractivity contribution in [3.8, 4) is 11.3 Å². The van der Waals surface area contributed by atoms with E-state index in [1.165, 1.54) is 18.6 Å². The van der Waals surface area contributed by atoms with Gasteiger partial charge in [0.25, 0.3) is 0 Å². The van der Waals surface area contributed by atoms with E-state index in [-0.39, 0.29) is 5.92 Å². The summed E-state index contributed by atoms with van der Waals surface area (Å²) in [5.41, 5.74) is 1.04. The van der Waals surface area contributed by atoms with Crippen molar-refractivity contribution < 1.29 is 13.2 Å². The maximum Gasteiger partial charge on any atom is 0.433 e. The predicted molar refractivity (Wildman–Crippen MR) is 64.4 cm³/mol. The first kappa shape index (κ1) is 13.5. The van der Waals surface area contributed by atoms with Gasteiger partial charge >= 0.3 is 6.18 Å². The zero-order valence-corrected chi connectivity index (χ0v) is 10.4. The molecule has 0 N–H and O–H groups in total. The van der Waals surface area contributed by atoms with E-state index in [9.17, 15) is 13.2 Å². The van der Waals surface area contributed by atoms with E-state index in [0.717, 1.165) is 11.8 Å². The van der Waals surface area contributed by atoms with Gasteiger partial charge in [0.2, 0.25) is 0 Å². The molecule has 0 spiro atoms. The summed E-state index contributed by atoms with van der Waals surface area (Å²) < 4.78 is 37.2. The number of nitrogens with zero attached hydrogens (tertiary/aromatic N) is 3. The summed E-state index contributed by atoms with van der Waals surface area (Å²) >= 11 is 0. The lowest BCUT2D eigenvalue weighted by atomic mass is 10.1. The fourth-order valence-corrected chi connectivity index (χ4v) is 1.56. The van der Waals surface area contributed by atoms with Crippen LogP contribution in [0.3, 0.4) is 0 Å². The fourth-order valence-electron chi connectivity index (χ4n) is 1.56. The second-order valence-electron chi connectivity index (χ2n) is 4.41. The molecule has 0 fully saturated rings. The van der Waals surface area contributed by atoms with Gasteiger partial charge in [0, 0.05) is 17.5 Å². The average Bonchev–Trinajstić information content (AvgIpc) is 2.38. The second kappa shape index (κ2) is 4.95. The Morgan fingerprint density at radius 2 is 1.79 bits per heavy atom. The molecule has 2 aromatic rings. The highest BCUT2D eigenvalue weighted by Gasteiger charge is 2.32. The first-order valence-electron chi connectivity index (χ1n) is 5.73. The molecule has 2 heterocycles. The van der Waals surface area contributed by atoms with E-state index >= 15 is 0 Å². The lowest BCUT2D eigenvalue weighted by Gasteiger charge is -2.08. The van der Waals surface area contributed by atoms with Gasteiger partial charge in [-0.15, -0.1) is 0 Å². The third kappa shape index (κ3) is 3.07. The van der Waals surface area contributed by atoms with Crippen molar-refractivity contribution in [2.45, 2.75) is 25.9 Å². The van der Waals surface area contributed by atoms with E-state index in [2.05, 4.69) is 15.0 Å². The van der Waals surface area contributed by atoms with Gasteiger partial charge in [0.1, 0.15) is 12.0 Å². The van der Waals surface area contributed by atoms with Crippen LogP contribution in [0.4, 0.5) is 13.2 Å². The van der Waals surface area contributed by atoms with Gasteiger partial charge in [0.05, 0.1) is 5.69 Å². The van der Waals surface area contributed by atoms with Crippen molar-refractivity contribution in [1.82, 2.24) is 15.0 Å². The maximum atomic E-state index is 12.4. The quantitative estimate of drug-likeness (QED) is 0.833. The molecule has 19 heavy (non-hydrogen) atoms. The number of alkyl halides is 3. The van der Waals surface area contributed by atoms with Gasteiger partial charge in [-0.3, -0.25) is 4.98 Å². The average molecular weight is 267 g/mol. The summed E-state index contributed by atoms with van der Waals surface area (Å²) in [6.45, 7) is 3.97. The lowest BCUT2D eigenvalue weighted by molar-refractivity contribution is -0.141. The molecular weight excluding hydrogens is 255 g/mol. The Morgan fingerprint density at radius 1 is 1.05 bits per heavy atom. The summed E-state index contributed by atoms with van der Waals surface area (Å²) in [5, 5.41) is 0. The van der Waals surface area contributed by atoms with Crippen LogP contribution in [0.5, 0.6) is 0 Å². The minimum Gasteiger partial charge on any atom is -0.251 e. The molecule has 2 aromatic heterocycles. The van der Waals surface area contributed by atoms with Gasteiger partial charge in [0.15, 0.2) is 0 Å². The van der Waals surface area contributed by atoms with Crippen molar-refractivity contribution in [3.05, 3.63) is 42.1 Å². The van der Waals surface area contributed by atoms with Crippen LogP contribution in [-0.4, -0.2) is 15.0 Å². The summed E-state index contributed by atoms with van der Waals surface area (Å²) in [6, 6.07) is 4.07. The van der Waals surface area contributed by atoms with E-state index in [0.29, 0.717) is 11.3 Å². The van der Waals surface area contributed by atoms with Crippen LogP contribution in [0.25, 0.3) is 11.3 Å². The largest absolute Gasteiger partial charge is 0.433 e. The topological polar surface area (TPSA) is 38.7 Å². The molecule has 0 saturated heterocycles. The maximum absolute atomic E-state index is 12.4. The van der Waals surface area contributed by atoms with Crippen LogP contribution in [0.1, 0.15) is 31.2 Å². The Hall–Kier alpha value is -1.98. The molecular formula is C13H12F3N3. The molecule has 0 amide bonds. The van der Waals surface area contributed by atoms with Crippen molar-refractivity contribution in [2.75, 3.05) is 0 Å². The first-order valence-corrected chi connectivity index (χ1v) is 5.73. The molecule has 0 aliphatic carbocycles. The highest BCUT2D eigenvalue weighted by Crippen LogP contribution is 2.28. The highest BCUT2D eigenvalue weighted by molar-refractivity contribution is 5.58. The van der Waals surface area contributed by atoms with Gasteiger partial charge < -0.3 is 0 Å². The summed E-state index contributed by atoms with van der Waals surface area (Å²) in [7, 11) is 0. The van der Waals surface area contributed by atoms with Crippen molar-refractivity contribution in [1.29, 1.82) is 0 Å². The number of pyridine rings is 1. The van der Waals surface area contributed by atoms with Crippen LogP contribution in [-0.2, 0) is 6.18 Å². The smallest absolute Gasteiger partial charge is 0.251 e. The predicted octanol–water partition coefficient (Wildman–Crippen LogP) is 3.68. The molecule has 0 saturated carbocycles. The van der Waals surface area contributed by atoms with Crippen molar-refractivity contribution in [2.24, 2.45) is 0 Å². The zero-order valence-electron chi connectivity index (χ0n) is 10.4. The monoisotopic (exact) mass is 267 g/mol. The van der Waals surface area contributed by atoms with Crippen molar-refractivity contribution >= 4 is 0 Å². The minimum absolute atomic E-state index is 0.226. The SMILES string of the molecule is CC(C)c1cc(-c2ccc(C(F)(F)F)nc2)ncn1. The van der Waals surface area contributed by atoms with E-state index < -0.39 is 11.9 Å². The van der Waals surface area contributed by atoms with Crippen LogP contribution in [0.15, 0.2) is 30.7 Å². The molecule has 6 heteroatoms. The number of hydrogen-bond donors (Lipinski definition) is 0. The van der Waals surface area contributed by atoms with E-state index in [4.69, 9.17) is 0 Å². The third-order valence-corrected chi connectivity index (χ3v) is 2.63. The van der Waals surface area contributed by atoms with Crippen LogP contribution in [0, 0.1) is 0 Å². The third-order valence-electron chi connectivity index (χ3n) is 2.63. The Balaban J connectivity index is 2.35. The Bertz CT molecular complexity index is 562. The van der Waals surface area contributed by atoms with Crippen LogP contribution >= 0.6 is 0 Å². The van der Waals surface area contributed by atoms with Gasteiger partial charge in [-0.25, -0.2) is 9.97 Å². The Labute approximate surface area is 108 Å². The molecule has 0 bridgehead atoms. The number of rotatable bonds is 2. The molecule has 100 valence electrons. The highest BCUT2D eigenvalue weighted by atomic mass is 19.4.